The monoisotopic (exact) mass is 557 g/mol. The predicted octanol–water partition coefficient (Wildman–Crippen LogP) is 6.10. The lowest BCUT2D eigenvalue weighted by atomic mass is 10.2. The van der Waals surface area contributed by atoms with Gasteiger partial charge in [0.25, 0.3) is 11.8 Å². The van der Waals surface area contributed by atoms with Crippen LogP contribution in [0.4, 0.5) is 5.69 Å². The largest absolute Gasteiger partial charge is 0.490 e. The normalized spacial score (nSPS) is 10.7. The molecule has 0 spiro atoms. The number of amides is 2. The molecule has 4 aromatic carbocycles. The van der Waals surface area contributed by atoms with Gasteiger partial charge >= 0.3 is 0 Å². The van der Waals surface area contributed by atoms with Gasteiger partial charge < -0.3 is 19.5 Å². The van der Waals surface area contributed by atoms with Gasteiger partial charge in [-0.25, -0.2) is 5.43 Å². The van der Waals surface area contributed by atoms with Gasteiger partial charge in [-0.2, -0.15) is 5.10 Å². The fourth-order valence-electron chi connectivity index (χ4n) is 3.57. The second-order valence-corrected chi connectivity index (χ2v) is 8.92. The first-order chi connectivity index (χ1) is 19.5. The van der Waals surface area contributed by atoms with Crippen LogP contribution in [-0.4, -0.2) is 31.2 Å². The van der Waals surface area contributed by atoms with Crippen LogP contribution < -0.4 is 25.0 Å². The van der Waals surface area contributed by atoms with Crippen LogP contribution in [0.2, 0.25) is 5.02 Å². The number of carbonyl (C=O) groups is 2. The van der Waals surface area contributed by atoms with Crippen molar-refractivity contribution in [2.75, 3.05) is 18.5 Å². The highest BCUT2D eigenvalue weighted by Crippen LogP contribution is 2.29. The summed E-state index contributed by atoms with van der Waals surface area (Å²) < 4.78 is 17.2. The van der Waals surface area contributed by atoms with Gasteiger partial charge in [0, 0.05) is 16.3 Å². The van der Waals surface area contributed by atoms with Gasteiger partial charge in [-0.15, -0.1) is 0 Å². The molecule has 9 heteroatoms. The molecule has 40 heavy (non-hydrogen) atoms. The smallest absolute Gasteiger partial charge is 0.271 e. The van der Waals surface area contributed by atoms with Gasteiger partial charge in [-0.1, -0.05) is 54.1 Å². The molecule has 0 saturated heterocycles. The fraction of sp³-hybridized carbons (Fsp3) is 0.129. The molecule has 0 aliphatic heterocycles. The quantitative estimate of drug-likeness (QED) is 0.162. The highest BCUT2D eigenvalue weighted by atomic mass is 35.5. The number of ether oxygens (including phenoxy) is 3. The molecule has 0 radical (unpaired) electrons. The zero-order valence-corrected chi connectivity index (χ0v) is 22.6. The minimum atomic E-state index is -0.405. The van der Waals surface area contributed by atoms with E-state index in [1.807, 2.05) is 37.3 Å². The maximum absolute atomic E-state index is 12.7. The van der Waals surface area contributed by atoms with E-state index in [9.17, 15) is 9.59 Å². The van der Waals surface area contributed by atoms with E-state index in [0.29, 0.717) is 52.3 Å². The third-order valence-corrected chi connectivity index (χ3v) is 5.73. The van der Waals surface area contributed by atoms with Crippen LogP contribution in [0.5, 0.6) is 17.2 Å². The van der Waals surface area contributed by atoms with E-state index in [0.717, 1.165) is 5.56 Å². The Labute approximate surface area is 237 Å². The SMILES string of the molecule is CCOc1cc(C(=O)N/N=C/c2cccc(OCC(=O)Nc3ccc(Cl)cc3)c2)ccc1OCc1ccccc1. The van der Waals surface area contributed by atoms with Crippen LogP contribution in [0.1, 0.15) is 28.4 Å². The number of rotatable bonds is 12. The Balaban J connectivity index is 1.30. The van der Waals surface area contributed by atoms with E-state index in [-0.39, 0.29) is 12.5 Å². The van der Waals surface area contributed by atoms with Gasteiger partial charge in [0.15, 0.2) is 18.1 Å². The zero-order valence-electron chi connectivity index (χ0n) is 21.8. The first-order valence-electron chi connectivity index (χ1n) is 12.6. The molecular formula is C31H28ClN3O5. The number of nitrogens with zero attached hydrogens (tertiary/aromatic N) is 1. The average molecular weight is 558 g/mol. The Kier molecular flexibility index (Phi) is 10.1. The van der Waals surface area contributed by atoms with Crippen LogP contribution in [-0.2, 0) is 11.4 Å². The Bertz CT molecular complexity index is 1460. The lowest BCUT2D eigenvalue weighted by molar-refractivity contribution is -0.118. The molecule has 0 bridgehead atoms. The van der Waals surface area contributed by atoms with Crippen LogP contribution >= 0.6 is 11.6 Å². The average Bonchev–Trinajstić information content (AvgIpc) is 2.97. The van der Waals surface area contributed by atoms with Gasteiger partial charge in [-0.3, -0.25) is 9.59 Å². The van der Waals surface area contributed by atoms with Crippen molar-refractivity contribution in [2.24, 2.45) is 5.10 Å². The van der Waals surface area contributed by atoms with Gasteiger partial charge in [0.05, 0.1) is 12.8 Å². The lowest BCUT2D eigenvalue weighted by Crippen LogP contribution is -2.20. The zero-order chi connectivity index (χ0) is 28.2. The Morgan fingerprint density at radius 1 is 0.850 bits per heavy atom. The highest BCUT2D eigenvalue weighted by molar-refractivity contribution is 6.30. The second kappa shape index (κ2) is 14.4. The Morgan fingerprint density at radius 3 is 2.42 bits per heavy atom. The minimum Gasteiger partial charge on any atom is -0.490 e. The van der Waals surface area contributed by atoms with Crippen molar-refractivity contribution in [2.45, 2.75) is 13.5 Å². The van der Waals surface area contributed by atoms with Crippen LogP contribution in [0.25, 0.3) is 0 Å². The van der Waals surface area contributed by atoms with Crippen molar-refractivity contribution < 1.29 is 23.8 Å². The summed E-state index contributed by atoms with van der Waals surface area (Å²) in [6, 6.07) is 28.5. The molecule has 0 heterocycles. The third-order valence-electron chi connectivity index (χ3n) is 5.48. The molecule has 0 aromatic heterocycles. The number of hydrogen-bond acceptors (Lipinski definition) is 6. The number of halogens is 1. The third kappa shape index (κ3) is 8.61. The number of nitrogens with one attached hydrogen (secondary N) is 2. The van der Waals surface area contributed by atoms with E-state index >= 15 is 0 Å². The lowest BCUT2D eigenvalue weighted by Gasteiger charge is -2.13. The van der Waals surface area contributed by atoms with Crippen molar-refractivity contribution in [3.05, 3.63) is 119 Å². The van der Waals surface area contributed by atoms with E-state index < -0.39 is 5.91 Å². The molecule has 0 saturated carbocycles. The number of anilines is 1. The standard InChI is InChI=1S/C31H28ClN3O5/c1-2-38-29-18-24(11-16-28(29)40-20-22-7-4-3-5-8-22)31(37)35-33-19-23-9-6-10-27(17-23)39-21-30(36)34-26-14-12-25(32)13-15-26/h3-19H,2,20-21H2,1H3,(H,34,36)(H,35,37)/b33-19+. The topological polar surface area (TPSA) is 98.3 Å². The number of carbonyl (C=O) groups excluding carboxylic acids is 2. The van der Waals surface area contributed by atoms with E-state index in [1.165, 1.54) is 6.21 Å². The molecular weight excluding hydrogens is 530 g/mol. The van der Waals surface area contributed by atoms with Crippen LogP contribution in [0.3, 0.4) is 0 Å². The molecule has 4 aromatic rings. The molecule has 204 valence electrons. The first-order valence-corrected chi connectivity index (χ1v) is 12.9. The molecule has 2 N–H and O–H groups in total. The number of benzene rings is 4. The van der Waals surface area contributed by atoms with Crippen molar-refractivity contribution in [3.63, 3.8) is 0 Å². The maximum Gasteiger partial charge on any atom is 0.271 e. The summed E-state index contributed by atoms with van der Waals surface area (Å²) in [5.41, 5.74) is 5.21. The first kappa shape index (κ1) is 28.2. The number of hydrazone groups is 1. The molecule has 0 atom stereocenters. The van der Waals surface area contributed by atoms with Crippen molar-refractivity contribution in [1.82, 2.24) is 5.43 Å². The Morgan fingerprint density at radius 2 is 1.65 bits per heavy atom. The predicted molar refractivity (Wildman–Crippen MR) is 155 cm³/mol. The van der Waals surface area contributed by atoms with Crippen molar-refractivity contribution in [3.8, 4) is 17.2 Å². The van der Waals surface area contributed by atoms with Crippen LogP contribution in [0.15, 0.2) is 102 Å². The molecule has 0 aliphatic rings. The summed E-state index contributed by atoms with van der Waals surface area (Å²) in [5, 5.41) is 7.37. The summed E-state index contributed by atoms with van der Waals surface area (Å²) in [4.78, 5) is 24.9. The molecule has 0 aliphatic carbocycles. The van der Waals surface area contributed by atoms with E-state index in [1.54, 1.807) is 66.7 Å². The molecule has 8 nitrogen and oxygen atoms in total. The molecule has 2 amide bonds. The van der Waals surface area contributed by atoms with Crippen molar-refractivity contribution >= 4 is 35.3 Å². The van der Waals surface area contributed by atoms with Gasteiger partial charge in [0.1, 0.15) is 12.4 Å². The minimum absolute atomic E-state index is 0.173. The Hall–Kier alpha value is -4.82. The molecule has 0 unspecified atom stereocenters. The fourth-order valence-corrected chi connectivity index (χ4v) is 3.69. The van der Waals surface area contributed by atoms with Crippen LogP contribution in [0, 0.1) is 0 Å². The summed E-state index contributed by atoms with van der Waals surface area (Å²) in [6.45, 7) is 2.49. The summed E-state index contributed by atoms with van der Waals surface area (Å²) in [7, 11) is 0. The molecule has 0 fully saturated rings. The highest BCUT2D eigenvalue weighted by Gasteiger charge is 2.12. The molecule has 4 rings (SSSR count). The second-order valence-electron chi connectivity index (χ2n) is 8.48. The van der Waals surface area contributed by atoms with Gasteiger partial charge in [-0.05, 0) is 72.6 Å². The number of hydrogen-bond donors (Lipinski definition) is 2. The van der Waals surface area contributed by atoms with Crippen molar-refractivity contribution in [1.29, 1.82) is 0 Å². The van der Waals surface area contributed by atoms with E-state index in [4.69, 9.17) is 25.8 Å². The van der Waals surface area contributed by atoms with Gasteiger partial charge in [0.2, 0.25) is 0 Å². The maximum atomic E-state index is 12.7. The summed E-state index contributed by atoms with van der Waals surface area (Å²) in [5.74, 6) is 0.785. The summed E-state index contributed by atoms with van der Waals surface area (Å²) in [6.07, 6.45) is 1.49. The summed E-state index contributed by atoms with van der Waals surface area (Å²) >= 11 is 5.86. The van der Waals surface area contributed by atoms with E-state index in [2.05, 4.69) is 15.8 Å².